The third kappa shape index (κ3) is 1.29. The first-order valence-corrected chi connectivity index (χ1v) is 2.98. The van der Waals surface area contributed by atoms with Crippen molar-refractivity contribution >= 4 is 27.9 Å². The van der Waals surface area contributed by atoms with Crippen LogP contribution in [0, 0.1) is 0 Å². The van der Waals surface area contributed by atoms with Gasteiger partial charge in [-0.1, -0.05) is 0 Å². The van der Waals surface area contributed by atoms with Gasteiger partial charge in [0, 0.05) is 0 Å². The maximum absolute atomic E-state index is 10.3. The van der Waals surface area contributed by atoms with Crippen LogP contribution in [0.5, 0.6) is 0 Å². The normalized spacial score (nSPS) is 19.8. The lowest BCUT2D eigenvalue weighted by Crippen LogP contribution is -2.33. The predicted molar refractivity (Wildman–Crippen MR) is 29.6 cm³/mol. The number of hydrogen-bond donors (Lipinski definition) is 0. The fourth-order valence-electron chi connectivity index (χ4n) is 0.380. The zero-order valence-corrected chi connectivity index (χ0v) is 5.10. The van der Waals surface area contributed by atoms with Crippen molar-refractivity contribution in [2.24, 2.45) is 0 Å². The van der Waals surface area contributed by atoms with E-state index in [2.05, 4.69) is 5.32 Å². The number of amides is 1. The van der Waals surface area contributed by atoms with Crippen LogP contribution in [0.15, 0.2) is 0 Å². The number of nitrogens with zero attached hydrogens (tertiary/aromatic N) is 1. The first kappa shape index (κ1) is 6.28. The second-order valence-electron chi connectivity index (χ2n) is 1.38. The van der Waals surface area contributed by atoms with Gasteiger partial charge in [0.25, 0.3) is 5.12 Å². The average molecular weight is 144 g/mol. The summed E-state index contributed by atoms with van der Waals surface area (Å²) in [6.45, 7) is -0.158. The average Bonchev–Trinajstić information content (AvgIpc) is 1.80. The minimum absolute atomic E-state index is 0.158. The molecule has 1 radical (unpaired) electrons. The molecule has 0 spiro atoms. The molecule has 1 aliphatic rings. The molecule has 0 aromatic heterocycles. The van der Waals surface area contributed by atoms with E-state index < -0.39 is 11.0 Å². The summed E-state index contributed by atoms with van der Waals surface area (Å²) in [7, 11) is 0. The summed E-state index contributed by atoms with van der Waals surface area (Å²) in [5.74, 6) is -0.806. The molecule has 0 saturated carbocycles. The molecule has 1 aliphatic heterocycles. The molecule has 0 aromatic carbocycles. The number of carbonyl (C=O) groups excluding carboxylic acids is 3. The molecule has 5 heteroatoms. The maximum atomic E-state index is 10.3. The van der Waals surface area contributed by atoms with Crippen LogP contribution in [0.25, 0.3) is 0 Å². The van der Waals surface area contributed by atoms with Crippen LogP contribution in [0.1, 0.15) is 0 Å². The molecule has 0 bridgehead atoms. The van der Waals surface area contributed by atoms with Crippen molar-refractivity contribution in [3.63, 3.8) is 0 Å². The second kappa shape index (κ2) is 2.18. The third-order valence-corrected chi connectivity index (χ3v) is 1.45. The lowest BCUT2D eigenvalue weighted by Gasteiger charge is -2.03. The lowest BCUT2D eigenvalue weighted by molar-refractivity contribution is -0.134. The zero-order chi connectivity index (χ0) is 6.85. The quantitative estimate of drug-likeness (QED) is 0.405. The third-order valence-electron chi connectivity index (χ3n) is 0.733. The van der Waals surface area contributed by atoms with Crippen molar-refractivity contribution in [2.75, 3.05) is 6.54 Å². The Labute approximate surface area is 55.0 Å². The van der Waals surface area contributed by atoms with Gasteiger partial charge in [-0.15, -0.1) is 0 Å². The van der Waals surface area contributed by atoms with Crippen molar-refractivity contribution in [1.82, 2.24) is 5.32 Å². The van der Waals surface area contributed by atoms with E-state index in [-0.39, 0.29) is 11.7 Å². The van der Waals surface area contributed by atoms with Crippen LogP contribution >= 0.6 is 11.8 Å². The molecule has 0 N–H and O–H groups in total. The van der Waals surface area contributed by atoms with Crippen LogP contribution in [-0.4, -0.2) is 22.7 Å². The Morgan fingerprint density at radius 2 is 2.00 bits per heavy atom. The van der Waals surface area contributed by atoms with Gasteiger partial charge >= 0.3 is 5.91 Å². The molecule has 1 rings (SSSR count). The maximum Gasteiger partial charge on any atom is 0.320 e. The van der Waals surface area contributed by atoms with Gasteiger partial charge in [-0.2, -0.15) is 0 Å². The van der Waals surface area contributed by atoms with Crippen molar-refractivity contribution in [2.45, 2.75) is 0 Å². The molecule has 0 atom stereocenters. The molecule has 9 heavy (non-hydrogen) atoms. The Morgan fingerprint density at radius 3 is 2.44 bits per heavy atom. The summed E-state index contributed by atoms with van der Waals surface area (Å²) in [5.41, 5.74) is 0. The minimum Gasteiger partial charge on any atom is -0.285 e. The number of thioether (sulfide) groups is 1. The SMILES string of the molecule is O=C1C[N]C(=O)C(=O)S1. The topological polar surface area (TPSA) is 65.3 Å². The highest BCUT2D eigenvalue weighted by Crippen LogP contribution is 2.07. The molecule has 0 aliphatic carbocycles. The van der Waals surface area contributed by atoms with Gasteiger partial charge in [0.1, 0.15) is 6.54 Å². The number of rotatable bonds is 0. The summed E-state index contributed by atoms with van der Waals surface area (Å²) < 4.78 is 0. The van der Waals surface area contributed by atoms with Crippen LogP contribution < -0.4 is 5.32 Å². The summed E-state index contributed by atoms with van der Waals surface area (Å²) in [6, 6.07) is 0. The standard InChI is InChI=1S/C4H2NO3S/c6-2-1-5-3(7)4(8)9-2/h1H2. The van der Waals surface area contributed by atoms with Gasteiger partial charge in [0.05, 0.1) is 0 Å². The van der Waals surface area contributed by atoms with Gasteiger partial charge in [-0.3, -0.25) is 14.4 Å². The van der Waals surface area contributed by atoms with Gasteiger partial charge in [0.15, 0.2) is 0 Å². The molecule has 0 aromatic rings. The smallest absolute Gasteiger partial charge is 0.285 e. The highest BCUT2D eigenvalue weighted by Gasteiger charge is 2.26. The Balaban J connectivity index is 2.64. The van der Waals surface area contributed by atoms with Gasteiger partial charge in [-0.25, -0.2) is 5.32 Å². The molecule has 1 amide bonds. The Bertz CT molecular complexity index is 188. The van der Waals surface area contributed by atoms with Crippen LogP contribution in [0.3, 0.4) is 0 Å². The van der Waals surface area contributed by atoms with E-state index in [1.54, 1.807) is 0 Å². The Hall–Kier alpha value is -0.840. The largest absolute Gasteiger partial charge is 0.320 e. The molecular weight excluding hydrogens is 142 g/mol. The van der Waals surface area contributed by atoms with Gasteiger partial charge < -0.3 is 0 Å². The monoisotopic (exact) mass is 144 g/mol. The van der Waals surface area contributed by atoms with Crippen molar-refractivity contribution in [3.8, 4) is 0 Å². The first-order chi connectivity index (χ1) is 4.20. The van der Waals surface area contributed by atoms with Crippen LogP contribution in [0.2, 0.25) is 0 Å². The lowest BCUT2D eigenvalue weighted by atomic mass is 10.6. The number of hydrogen-bond acceptors (Lipinski definition) is 4. The summed E-state index contributed by atoms with van der Waals surface area (Å²) in [4.78, 5) is 30.9. The van der Waals surface area contributed by atoms with Gasteiger partial charge in [-0.05, 0) is 11.8 Å². The van der Waals surface area contributed by atoms with E-state index in [1.165, 1.54) is 0 Å². The van der Waals surface area contributed by atoms with E-state index in [4.69, 9.17) is 0 Å². The number of carbonyl (C=O) groups is 3. The fourth-order valence-corrected chi connectivity index (χ4v) is 0.868. The van der Waals surface area contributed by atoms with Crippen molar-refractivity contribution in [1.29, 1.82) is 0 Å². The van der Waals surface area contributed by atoms with E-state index >= 15 is 0 Å². The van der Waals surface area contributed by atoms with Crippen LogP contribution in [-0.2, 0) is 14.4 Å². The summed E-state index contributed by atoms with van der Waals surface area (Å²) >= 11 is 0.428. The van der Waals surface area contributed by atoms with E-state index in [0.29, 0.717) is 11.8 Å². The molecule has 1 heterocycles. The Kier molecular flexibility index (Phi) is 1.52. The fraction of sp³-hybridized carbons (Fsp3) is 0.250. The summed E-state index contributed by atoms with van der Waals surface area (Å²) in [6.07, 6.45) is 0. The summed E-state index contributed by atoms with van der Waals surface area (Å²) in [5, 5.41) is 2.00. The van der Waals surface area contributed by atoms with E-state index in [0.717, 1.165) is 0 Å². The van der Waals surface area contributed by atoms with Gasteiger partial charge in [0.2, 0.25) is 5.12 Å². The Morgan fingerprint density at radius 1 is 1.33 bits per heavy atom. The van der Waals surface area contributed by atoms with Crippen LogP contribution in [0.4, 0.5) is 0 Å². The van der Waals surface area contributed by atoms with E-state index in [9.17, 15) is 14.4 Å². The first-order valence-electron chi connectivity index (χ1n) is 2.16. The minimum atomic E-state index is -0.806. The highest BCUT2D eigenvalue weighted by molar-refractivity contribution is 8.27. The van der Waals surface area contributed by atoms with E-state index in [1.807, 2.05) is 0 Å². The molecule has 0 unspecified atom stereocenters. The molecule has 4 nitrogen and oxygen atoms in total. The molecule has 47 valence electrons. The van der Waals surface area contributed by atoms with Crippen molar-refractivity contribution in [3.05, 3.63) is 0 Å². The molecule has 1 saturated heterocycles. The predicted octanol–water partition coefficient (Wildman–Crippen LogP) is -1.08. The second-order valence-corrected chi connectivity index (χ2v) is 2.41. The molecular formula is C4H2NO3S. The highest BCUT2D eigenvalue weighted by atomic mass is 32.2. The van der Waals surface area contributed by atoms with Crippen molar-refractivity contribution < 1.29 is 14.4 Å². The molecule has 1 fully saturated rings. The zero-order valence-electron chi connectivity index (χ0n) is 4.29.